The molecule has 30 heavy (non-hydrogen) atoms. The molecule has 2 aromatic heterocycles. The number of aromatic nitrogens is 3. The van der Waals surface area contributed by atoms with E-state index in [0.29, 0.717) is 11.6 Å². The van der Waals surface area contributed by atoms with Crippen LogP contribution >= 0.6 is 11.6 Å². The Bertz CT molecular complexity index is 1120. The van der Waals surface area contributed by atoms with Gasteiger partial charge >= 0.3 is 12.0 Å². The van der Waals surface area contributed by atoms with E-state index >= 15 is 0 Å². The summed E-state index contributed by atoms with van der Waals surface area (Å²) in [5, 5.41) is 4.80. The first-order valence-electron chi connectivity index (χ1n) is 8.38. The van der Waals surface area contributed by atoms with Crippen LogP contribution in [0.15, 0.2) is 42.6 Å². The molecule has 5 N–H and O–H groups in total. The van der Waals surface area contributed by atoms with Crippen molar-refractivity contribution in [3.8, 4) is 5.82 Å². The van der Waals surface area contributed by atoms with Crippen LogP contribution in [-0.4, -0.2) is 21.9 Å². The van der Waals surface area contributed by atoms with Crippen LogP contribution in [-0.2, 0) is 6.18 Å². The minimum absolute atomic E-state index is 0.0492. The third kappa shape index (κ3) is 4.26. The van der Waals surface area contributed by atoms with E-state index in [4.69, 9.17) is 17.4 Å². The molecular formula is C18H15ClF3N6O2+. The minimum Gasteiger partial charge on any atom is -0.318 e. The molecule has 0 atom stereocenters. The number of pyridine rings is 1. The predicted molar refractivity (Wildman–Crippen MR) is 101 cm³/mol. The number of anilines is 1. The molecule has 0 radical (unpaired) electrons. The molecule has 0 aliphatic carbocycles. The summed E-state index contributed by atoms with van der Waals surface area (Å²) in [7, 11) is 0. The summed E-state index contributed by atoms with van der Waals surface area (Å²) in [6, 6.07) is 7.96. The van der Waals surface area contributed by atoms with Crippen molar-refractivity contribution in [1.82, 2.24) is 15.5 Å². The molecule has 1 aromatic carbocycles. The molecule has 156 valence electrons. The Morgan fingerprint density at radius 2 is 1.93 bits per heavy atom. The topological polar surface area (TPSA) is 117 Å². The van der Waals surface area contributed by atoms with Crippen molar-refractivity contribution >= 4 is 29.1 Å². The summed E-state index contributed by atoms with van der Waals surface area (Å²) in [6.45, 7) is 1.57. The van der Waals surface area contributed by atoms with Crippen LogP contribution in [0.25, 0.3) is 5.82 Å². The van der Waals surface area contributed by atoms with Gasteiger partial charge in [0, 0.05) is 17.2 Å². The fraction of sp³-hybridized carbons (Fsp3) is 0.111. The first kappa shape index (κ1) is 21.3. The Kier molecular flexibility index (Phi) is 5.76. The monoisotopic (exact) mass is 439 g/mol. The van der Waals surface area contributed by atoms with Crippen LogP contribution in [0.5, 0.6) is 0 Å². The second kappa shape index (κ2) is 8.13. The summed E-state index contributed by atoms with van der Waals surface area (Å²) in [4.78, 5) is 28.9. The lowest BCUT2D eigenvalue weighted by molar-refractivity contribution is -0.662. The summed E-state index contributed by atoms with van der Waals surface area (Å²) in [5.74, 6) is 3.58. The first-order chi connectivity index (χ1) is 14.1. The lowest BCUT2D eigenvalue weighted by atomic mass is 10.1. The van der Waals surface area contributed by atoms with Gasteiger partial charge in [0.15, 0.2) is 5.69 Å². The maximum Gasteiger partial charge on any atom is 0.434 e. The Labute approximate surface area is 172 Å². The van der Waals surface area contributed by atoms with Gasteiger partial charge in [0.05, 0.1) is 11.3 Å². The molecule has 0 spiro atoms. The number of hydrogen-bond acceptors (Lipinski definition) is 4. The highest BCUT2D eigenvalue weighted by atomic mass is 35.5. The van der Waals surface area contributed by atoms with E-state index in [-0.39, 0.29) is 27.8 Å². The van der Waals surface area contributed by atoms with E-state index in [2.05, 4.69) is 15.4 Å². The fourth-order valence-corrected chi connectivity index (χ4v) is 3.01. The molecule has 8 nitrogen and oxygen atoms in total. The Morgan fingerprint density at radius 1 is 1.20 bits per heavy atom. The third-order valence-corrected chi connectivity index (χ3v) is 4.30. The zero-order valence-corrected chi connectivity index (χ0v) is 16.1. The lowest BCUT2D eigenvalue weighted by Gasteiger charge is -2.13. The van der Waals surface area contributed by atoms with Crippen molar-refractivity contribution in [1.29, 1.82) is 0 Å². The third-order valence-electron chi connectivity index (χ3n) is 4.09. The van der Waals surface area contributed by atoms with Crippen LogP contribution in [0.2, 0.25) is 5.02 Å². The van der Waals surface area contributed by atoms with Crippen LogP contribution in [0.1, 0.15) is 32.1 Å². The molecule has 2 heterocycles. The van der Waals surface area contributed by atoms with E-state index in [0.717, 1.165) is 4.68 Å². The van der Waals surface area contributed by atoms with Gasteiger partial charge in [-0.15, -0.1) is 4.68 Å². The molecule has 2 amide bonds. The summed E-state index contributed by atoms with van der Waals surface area (Å²) >= 11 is 5.96. The van der Waals surface area contributed by atoms with E-state index in [1.54, 1.807) is 19.1 Å². The Morgan fingerprint density at radius 3 is 2.53 bits per heavy atom. The second-order valence-corrected chi connectivity index (χ2v) is 6.59. The average Bonchev–Trinajstić information content (AvgIpc) is 3.16. The number of amides is 2. The van der Waals surface area contributed by atoms with Crippen molar-refractivity contribution in [2.75, 3.05) is 5.32 Å². The number of alkyl halides is 3. The number of hydrazine groups is 1. The molecule has 0 saturated carbocycles. The van der Waals surface area contributed by atoms with Gasteiger partial charge < -0.3 is 5.32 Å². The maximum atomic E-state index is 13.2. The van der Waals surface area contributed by atoms with E-state index in [1.165, 1.54) is 24.4 Å². The molecule has 0 fully saturated rings. The molecule has 0 aliphatic heterocycles. The van der Waals surface area contributed by atoms with Crippen LogP contribution < -0.4 is 21.3 Å². The number of aromatic amines is 1. The number of nitrogen functional groups attached to an aromatic ring is 1. The number of rotatable bonds is 4. The van der Waals surface area contributed by atoms with Crippen molar-refractivity contribution in [3.63, 3.8) is 0 Å². The molecule has 0 unspecified atom stereocenters. The summed E-state index contributed by atoms with van der Waals surface area (Å²) < 4.78 is 40.6. The van der Waals surface area contributed by atoms with Gasteiger partial charge in [-0.3, -0.25) is 15.0 Å². The number of H-pyrrole nitrogens is 1. The highest BCUT2D eigenvalue weighted by Gasteiger charge is 2.38. The summed E-state index contributed by atoms with van der Waals surface area (Å²) in [5.41, 5.74) is 0.813. The zero-order valence-electron chi connectivity index (χ0n) is 15.3. The zero-order chi connectivity index (χ0) is 22.1. The van der Waals surface area contributed by atoms with Gasteiger partial charge in [0.1, 0.15) is 6.20 Å². The van der Waals surface area contributed by atoms with E-state index < -0.39 is 23.7 Å². The largest absolute Gasteiger partial charge is 0.434 e. The second-order valence-electron chi connectivity index (χ2n) is 6.15. The smallest absolute Gasteiger partial charge is 0.318 e. The number of nitrogens with two attached hydrogens (primary N) is 1. The van der Waals surface area contributed by atoms with Crippen LogP contribution in [0, 0.1) is 6.92 Å². The van der Waals surface area contributed by atoms with Gasteiger partial charge in [0.25, 0.3) is 11.8 Å². The molecular weight excluding hydrogens is 425 g/mol. The lowest BCUT2D eigenvalue weighted by Crippen LogP contribution is -2.41. The highest BCUT2D eigenvalue weighted by molar-refractivity contribution is 6.31. The normalized spacial score (nSPS) is 11.3. The van der Waals surface area contributed by atoms with E-state index in [9.17, 15) is 22.8 Å². The molecule has 12 heteroatoms. The van der Waals surface area contributed by atoms with Crippen LogP contribution in [0.3, 0.4) is 0 Å². The Balaban J connectivity index is 2.09. The molecule has 3 rings (SSSR count). The number of aryl methyl sites for hydroxylation is 1. The van der Waals surface area contributed by atoms with Crippen molar-refractivity contribution in [2.24, 2.45) is 5.84 Å². The number of hydrogen-bond donors (Lipinski definition) is 4. The highest BCUT2D eigenvalue weighted by Crippen LogP contribution is 2.29. The number of carbonyl (C=O) groups is 2. The fourth-order valence-electron chi connectivity index (χ4n) is 2.74. The number of carbonyl (C=O) groups excluding carboxylic acids is 2. The average molecular weight is 440 g/mol. The van der Waals surface area contributed by atoms with Gasteiger partial charge in [-0.1, -0.05) is 17.7 Å². The molecule has 0 aliphatic rings. The number of nitrogens with one attached hydrogen (secondary N) is 3. The Hall–Kier alpha value is -3.44. The van der Waals surface area contributed by atoms with Gasteiger partial charge in [0.2, 0.25) is 5.69 Å². The molecule has 0 bridgehead atoms. The van der Waals surface area contributed by atoms with E-state index in [1.807, 2.05) is 5.43 Å². The number of benzene rings is 1. The SMILES string of the molecule is Cc1cc(Cl)cc(C(=O)NN)c1NC(=O)c1cc(C(F)(F)F)[nH][n+]1-c1ccccn1. The standard InChI is InChI=1S/C18H14ClF3N6O2/c1-9-6-10(19)7-11(16(29)26-23)15(9)25-17(30)12-8-13(18(20,21)22)27-28(12)14-4-2-3-5-24-14/h2-8H,1H3,(H4,23,25,26,27,29,30)/p+1. The van der Waals surface area contributed by atoms with Crippen molar-refractivity contribution in [3.05, 3.63) is 70.1 Å². The number of nitrogens with zero attached hydrogens (tertiary/aromatic N) is 2. The van der Waals surface area contributed by atoms with Crippen molar-refractivity contribution in [2.45, 2.75) is 13.1 Å². The predicted octanol–water partition coefficient (Wildman–Crippen LogP) is 2.52. The van der Waals surface area contributed by atoms with Crippen LogP contribution in [0.4, 0.5) is 18.9 Å². The number of halogens is 4. The minimum atomic E-state index is -4.73. The molecule has 0 saturated heterocycles. The summed E-state index contributed by atoms with van der Waals surface area (Å²) in [6.07, 6.45) is -3.36. The van der Waals surface area contributed by atoms with Gasteiger partial charge in [-0.25, -0.2) is 10.9 Å². The van der Waals surface area contributed by atoms with Gasteiger partial charge in [-0.2, -0.15) is 13.2 Å². The van der Waals surface area contributed by atoms with Gasteiger partial charge in [-0.05, 0) is 35.7 Å². The van der Waals surface area contributed by atoms with Crippen molar-refractivity contribution < 1.29 is 27.4 Å². The molecule has 3 aromatic rings. The maximum absolute atomic E-state index is 13.2. The first-order valence-corrected chi connectivity index (χ1v) is 8.75. The quantitative estimate of drug-likeness (QED) is 0.216.